The van der Waals surface area contributed by atoms with Crippen LogP contribution in [0.3, 0.4) is 0 Å². The first-order valence-electron chi connectivity index (χ1n) is 6.67. The summed E-state index contributed by atoms with van der Waals surface area (Å²) in [6.45, 7) is 4.80. The predicted molar refractivity (Wildman–Crippen MR) is 69.8 cm³/mol. The molecule has 0 aliphatic rings. The van der Waals surface area contributed by atoms with Crippen LogP contribution < -0.4 is 0 Å². The van der Waals surface area contributed by atoms with Gasteiger partial charge in [0.05, 0.1) is 72.7 Å². The molecule has 0 bridgehead atoms. The molecular weight excluding hydrogens is 272 g/mol. The van der Waals surface area contributed by atoms with Crippen molar-refractivity contribution >= 4 is 0 Å². The van der Waals surface area contributed by atoms with Crippen molar-refractivity contribution in [3.63, 3.8) is 0 Å². The summed E-state index contributed by atoms with van der Waals surface area (Å²) in [5.74, 6) is 0. The fourth-order valence-corrected chi connectivity index (χ4v) is 1.14. The SMILES string of the molecule is OCCOCCOCCOCCOCCOCCOO. The Balaban J connectivity index is 2.89. The van der Waals surface area contributed by atoms with Gasteiger partial charge in [0.15, 0.2) is 0 Å². The zero-order chi connectivity index (χ0) is 14.7. The fraction of sp³-hybridized carbons (Fsp3) is 1.00. The summed E-state index contributed by atoms with van der Waals surface area (Å²) >= 11 is 0. The van der Waals surface area contributed by atoms with E-state index in [9.17, 15) is 0 Å². The molecule has 0 rings (SSSR count). The van der Waals surface area contributed by atoms with E-state index in [1.54, 1.807) is 0 Å². The molecule has 0 spiro atoms. The minimum absolute atomic E-state index is 0.0311. The van der Waals surface area contributed by atoms with Crippen molar-refractivity contribution < 1.29 is 38.9 Å². The number of ether oxygens (including phenoxy) is 5. The van der Waals surface area contributed by atoms with E-state index < -0.39 is 0 Å². The van der Waals surface area contributed by atoms with Gasteiger partial charge in [-0.3, -0.25) is 5.26 Å². The monoisotopic (exact) mass is 298 g/mol. The van der Waals surface area contributed by atoms with Crippen molar-refractivity contribution in [1.29, 1.82) is 0 Å². The van der Waals surface area contributed by atoms with Crippen molar-refractivity contribution in [2.24, 2.45) is 0 Å². The van der Waals surface area contributed by atoms with E-state index in [0.29, 0.717) is 66.1 Å². The summed E-state index contributed by atoms with van der Waals surface area (Å²) in [4.78, 5) is 3.84. The highest BCUT2D eigenvalue weighted by Crippen LogP contribution is 1.83. The molecule has 2 N–H and O–H groups in total. The van der Waals surface area contributed by atoms with E-state index in [0.717, 1.165) is 0 Å². The van der Waals surface area contributed by atoms with E-state index in [1.807, 2.05) is 0 Å². The third-order valence-corrected chi connectivity index (χ3v) is 2.04. The highest BCUT2D eigenvalue weighted by molar-refractivity contribution is 4.36. The lowest BCUT2D eigenvalue weighted by molar-refractivity contribution is -0.249. The minimum atomic E-state index is 0.0311. The molecule has 122 valence electrons. The Bertz CT molecular complexity index is 152. The molecule has 0 aliphatic carbocycles. The van der Waals surface area contributed by atoms with Crippen LogP contribution >= 0.6 is 0 Å². The fourth-order valence-electron chi connectivity index (χ4n) is 1.14. The Hall–Kier alpha value is -0.320. The van der Waals surface area contributed by atoms with Gasteiger partial charge in [0.2, 0.25) is 0 Å². The molecule has 0 aromatic carbocycles. The summed E-state index contributed by atoms with van der Waals surface area (Å²) in [7, 11) is 0. The number of aliphatic hydroxyl groups excluding tert-OH is 1. The van der Waals surface area contributed by atoms with E-state index in [-0.39, 0.29) is 13.2 Å². The van der Waals surface area contributed by atoms with Gasteiger partial charge in [-0.1, -0.05) is 0 Å². The molecule has 0 saturated carbocycles. The summed E-state index contributed by atoms with van der Waals surface area (Å²) in [5, 5.41) is 16.5. The second-order valence-corrected chi connectivity index (χ2v) is 3.62. The van der Waals surface area contributed by atoms with Crippen LogP contribution in [0.5, 0.6) is 0 Å². The number of rotatable bonds is 17. The minimum Gasteiger partial charge on any atom is -0.394 e. The first-order chi connectivity index (χ1) is 9.91. The Morgan fingerprint density at radius 1 is 0.450 bits per heavy atom. The van der Waals surface area contributed by atoms with Crippen LogP contribution in [0.15, 0.2) is 0 Å². The average Bonchev–Trinajstić information content (AvgIpc) is 2.47. The summed E-state index contributed by atoms with van der Waals surface area (Å²) in [5.41, 5.74) is 0. The molecule has 0 aliphatic heterocycles. The van der Waals surface area contributed by atoms with Crippen LogP contribution in [0.4, 0.5) is 0 Å². The molecule has 0 aromatic rings. The van der Waals surface area contributed by atoms with Crippen LogP contribution in [0, 0.1) is 0 Å². The predicted octanol–water partition coefficient (Wildman–Crippen LogP) is -0.449. The van der Waals surface area contributed by atoms with Gasteiger partial charge in [-0.15, -0.1) is 0 Å². The van der Waals surface area contributed by atoms with Gasteiger partial charge >= 0.3 is 0 Å². The Morgan fingerprint density at radius 3 is 1.05 bits per heavy atom. The lowest BCUT2D eigenvalue weighted by Crippen LogP contribution is -2.14. The standard InChI is InChI=1S/C12H26O8/c13-1-2-15-3-4-16-5-6-17-7-8-18-9-10-19-11-12-20-14/h13-14H,1-12H2. The van der Waals surface area contributed by atoms with Gasteiger partial charge in [0.1, 0.15) is 6.61 Å². The Kier molecular flexibility index (Phi) is 18.4. The molecule has 20 heavy (non-hydrogen) atoms. The quantitative estimate of drug-likeness (QED) is 0.212. The zero-order valence-corrected chi connectivity index (χ0v) is 11.8. The van der Waals surface area contributed by atoms with Crippen molar-refractivity contribution in [2.75, 3.05) is 79.3 Å². The van der Waals surface area contributed by atoms with E-state index >= 15 is 0 Å². The number of hydrogen-bond acceptors (Lipinski definition) is 8. The van der Waals surface area contributed by atoms with E-state index in [1.165, 1.54) is 0 Å². The van der Waals surface area contributed by atoms with Gasteiger partial charge < -0.3 is 28.8 Å². The molecule has 0 amide bonds. The molecule has 0 fully saturated rings. The molecule has 0 aromatic heterocycles. The molecule has 0 atom stereocenters. The zero-order valence-electron chi connectivity index (χ0n) is 11.8. The molecule has 0 saturated heterocycles. The van der Waals surface area contributed by atoms with Crippen LogP contribution in [-0.4, -0.2) is 89.6 Å². The lowest BCUT2D eigenvalue weighted by atomic mass is 10.7. The Labute approximate surface area is 119 Å². The largest absolute Gasteiger partial charge is 0.394 e. The van der Waals surface area contributed by atoms with Crippen molar-refractivity contribution in [3.05, 3.63) is 0 Å². The third kappa shape index (κ3) is 17.7. The van der Waals surface area contributed by atoms with Gasteiger partial charge in [0, 0.05) is 0 Å². The summed E-state index contributed by atoms with van der Waals surface area (Å²) < 4.78 is 25.9. The summed E-state index contributed by atoms with van der Waals surface area (Å²) in [6, 6.07) is 0. The maximum absolute atomic E-state index is 8.46. The second kappa shape index (κ2) is 18.7. The van der Waals surface area contributed by atoms with Crippen molar-refractivity contribution in [3.8, 4) is 0 Å². The molecule has 0 unspecified atom stereocenters. The normalized spacial score (nSPS) is 11.1. The van der Waals surface area contributed by atoms with Gasteiger partial charge in [-0.05, 0) is 0 Å². The second-order valence-electron chi connectivity index (χ2n) is 3.62. The van der Waals surface area contributed by atoms with Crippen molar-refractivity contribution in [1.82, 2.24) is 0 Å². The smallest absolute Gasteiger partial charge is 0.105 e. The maximum Gasteiger partial charge on any atom is 0.105 e. The third-order valence-electron chi connectivity index (χ3n) is 2.04. The molecule has 8 heteroatoms. The van der Waals surface area contributed by atoms with Crippen LogP contribution in [-0.2, 0) is 28.6 Å². The van der Waals surface area contributed by atoms with E-state index in [2.05, 4.69) is 4.89 Å². The van der Waals surface area contributed by atoms with Crippen LogP contribution in [0.2, 0.25) is 0 Å². The van der Waals surface area contributed by atoms with Crippen molar-refractivity contribution in [2.45, 2.75) is 0 Å². The molecule has 8 nitrogen and oxygen atoms in total. The number of aliphatic hydroxyl groups is 1. The Morgan fingerprint density at radius 2 is 0.750 bits per heavy atom. The molecule has 0 radical (unpaired) electrons. The molecule has 0 heterocycles. The average molecular weight is 298 g/mol. The maximum atomic E-state index is 8.46. The van der Waals surface area contributed by atoms with Gasteiger partial charge in [0.25, 0.3) is 0 Å². The highest BCUT2D eigenvalue weighted by atomic mass is 17.1. The molecular formula is C12H26O8. The van der Waals surface area contributed by atoms with Crippen LogP contribution in [0.25, 0.3) is 0 Å². The van der Waals surface area contributed by atoms with Crippen LogP contribution in [0.1, 0.15) is 0 Å². The topological polar surface area (TPSA) is 95.8 Å². The summed E-state index contributed by atoms with van der Waals surface area (Å²) in [6.07, 6.45) is 0. The highest BCUT2D eigenvalue weighted by Gasteiger charge is 1.93. The van der Waals surface area contributed by atoms with E-state index in [4.69, 9.17) is 34.0 Å². The number of hydrogen-bond donors (Lipinski definition) is 2. The van der Waals surface area contributed by atoms with Gasteiger partial charge in [-0.2, -0.15) is 0 Å². The first kappa shape index (κ1) is 19.7. The lowest BCUT2D eigenvalue weighted by Gasteiger charge is -2.07. The first-order valence-corrected chi connectivity index (χ1v) is 6.67. The van der Waals surface area contributed by atoms with Gasteiger partial charge in [-0.25, -0.2) is 4.89 Å².